The van der Waals surface area contributed by atoms with Crippen LogP contribution in [0.4, 0.5) is 5.82 Å². The van der Waals surface area contributed by atoms with Gasteiger partial charge in [0.2, 0.25) is 5.91 Å². The third-order valence-corrected chi connectivity index (χ3v) is 5.61. The molecule has 2 aromatic heterocycles. The highest BCUT2D eigenvalue weighted by Gasteiger charge is 2.30. The summed E-state index contributed by atoms with van der Waals surface area (Å²) in [7, 11) is 2.11. The summed E-state index contributed by atoms with van der Waals surface area (Å²) in [5.41, 5.74) is 1.86. The molecule has 0 saturated carbocycles. The Labute approximate surface area is 160 Å². The monoisotopic (exact) mass is 366 g/mol. The minimum Gasteiger partial charge on any atom is -0.355 e. The van der Waals surface area contributed by atoms with Gasteiger partial charge in [-0.3, -0.25) is 9.78 Å². The third kappa shape index (κ3) is 4.08. The topological polar surface area (TPSA) is 65.5 Å². The van der Waals surface area contributed by atoms with Crippen molar-refractivity contribution in [3.63, 3.8) is 0 Å². The van der Waals surface area contributed by atoms with Gasteiger partial charge in [-0.2, -0.15) is 0 Å². The molecule has 0 bridgehead atoms. The lowest BCUT2D eigenvalue weighted by Crippen LogP contribution is -2.50. The van der Waals surface area contributed by atoms with Gasteiger partial charge in [0.05, 0.1) is 5.69 Å². The fourth-order valence-electron chi connectivity index (χ4n) is 3.81. The van der Waals surface area contributed by atoms with Crippen LogP contribution in [0, 0.1) is 5.92 Å². The fourth-order valence-corrected chi connectivity index (χ4v) is 3.81. The molecule has 1 amide bonds. The van der Waals surface area contributed by atoms with Gasteiger partial charge in [-0.1, -0.05) is 0 Å². The smallest absolute Gasteiger partial charge is 0.225 e. The summed E-state index contributed by atoms with van der Waals surface area (Å²) in [5.74, 6) is 1.37. The number of likely N-dealkylation sites (N-methyl/N-ethyl adjacent to an activating group) is 1. The summed E-state index contributed by atoms with van der Waals surface area (Å²) in [6.45, 7) is 5.38. The first kappa shape index (κ1) is 17.9. The molecule has 0 aliphatic carbocycles. The zero-order chi connectivity index (χ0) is 18.6. The molecular weight excluding hydrogens is 340 g/mol. The molecule has 0 radical (unpaired) electrons. The summed E-state index contributed by atoms with van der Waals surface area (Å²) in [4.78, 5) is 23.3. The Morgan fingerprint density at radius 1 is 0.926 bits per heavy atom. The minimum atomic E-state index is 0.147. The van der Waals surface area contributed by atoms with E-state index in [2.05, 4.69) is 32.0 Å². The van der Waals surface area contributed by atoms with Crippen molar-refractivity contribution in [3.8, 4) is 11.3 Å². The molecule has 2 aliphatic rings. The number of piperidine rings is 1. The molecule has 4 rings (SSSR count). The van der Waals surface area contributed by atoms with E-state index in [9.17, 15) is 4.79 Å². The van der Waals surface area contributed by atoms with Crippen LogP contribution in [-0.4, -0.2) is 77.2 Å². The van der Waals surface area contributed by atoms with Crippen molar-refractivity contribution in [1.82, 2.24) is 25.0 Å². The lowest BCUT2D eigenvalue weighted by atomic mass is 9.95. The second-order valence-electron chi connectivity index (χ2n) is 7.40. The Hall–Kier alpha value is -2.54. The molecule has 0 N–H and O–H groups in total. The highest BCUT2D eigenvalue weighted by atomic mass is 16.2. The van der Waals surface area contributed by atoms with Crippen molar-refractivity contribution in [2.75, 3.05) is 51.2 Å². The molecule has 7 heteroatoms. The van der Waals surface area contributed by atoms with Crippen LogP contribution in [0.25, 0.3) is 11.3 Å². The predicted molar refractivity (Wildman–Crippen MR) is 104 cm³/mol. The Kier molecular flexibility index (Phi) is 5.29. The van der Waals surface area contributed by atoms with Crippen LogP contribution in [0.15, 0.2) is 36.7 Å². The van der Waals surface area contributed by atoms with Gasteiger partial charge in [-0.25, -0.2) is 0 Å². The SMILES string of the molecule is CN1CCN(C(=O)C2CCN(c3ccc(-c4ccncc4)nn3)CC2)CC1. The first-order chi connectivity index (χ1) is 13.2. The van der Waals surface area contributed by atoms with Crippen LogP contribution >= 0.6 is 0 Å². The van der Waals surface area contributed by atoms with Crippen LogP contribution in [0.3, 0.4) is 0 Å². The van der Waals surface area contributed by atoms with Gasteiger partial charge in [0.25, 0.3) is 0 Å². The number of piperazine rings is 1. The standard InChI is InChI=1S/C20H26N6O/c1-24-12-14-26(15-13-24)20(27)17-6-10-25(11-7-17)19-3-2-18(22-23-19)16-4-8-21-9-5-16/h2-5,8-9,17H,6-7,10-15H2,1H3. The van der Waals surface area contributed by atoms with Crippen LogP contribution in [0.1, 0.15) is 12.8 Å². The summed E-state index contributed by atoms with van der Waals surface area (Å²) in [5, 5.41) is 8.76. The summed E-state index contributed by atoms with van der Waals surface area (Å²) in [6.07, 6.45) is 5.29. The largest absolute Gasteiger partial charge is 0.355 e. The molecule has 7 nitrogen and oxygen atoms in total. The molecule has 2 aliphatic heterocycles. The average Bonchev–Trinajstić information content (AvgIpc) is 2.75. The molecule has 142 valence electrons. The van der Waals surface area contributed by atoms with E-state index >= 15 is 0 Å². The molecule has 2 saturated heterocycles. The Bertz CT molecular complexity index is 750. The number of rotatable bonds is 3. The van der Waals surface area contributed by atoms with Crippen molar-refractivity contribution in [3.05, 3.63) is 36.7 Å². The van der Waals surface area contributed by atoms with Crippen molar-refractivity contribution in [2.45, 2.75) is 12.8 Å². The Morgan fingerprint density at radius 2 is 1.63 bits per heavy atom. The number of aromatic nitrogens is 3. The molecule has 4 heterocycles. The van der Waals surface area contributed by atoms with Crippen LogP contribution in [0.5, 0.6) is 0 Å². The molecule has 2 aromatic rings. The number of carbonyl (C=O) groups excluding carboxylic acids is 1. The van der Waals surface area contributed by atoms with Crippen molar-refractivity contribution in [2.24, 2.45) is 5.92 Å². The molecule has 0 unspecified atom stereocenters. The van der Waals surface area contributed by atoms with Crippen molar-refractivity contribution in [1.29, 1.82) is 0 Å². The summed E-state index contributed by atoms with van der Waals surface area (Å²) >= 11 is 0. The fraction of sp³-hybridized carbons (Fsp3) is 0.500. The van der Waals surface area contributed by atoms with E-state index in [1.807, 2.05) is 29.2 Å². The lowest BCUT2D eigenvalue weighted by Gasteiger charge is -2.37. The maximum absolute atomic E-state index is 12.8. The highest BCUT2D eigenvalue weighted by molar-refractivity contribution is 5.79. The van der Waals surface area contributed by atoms with E-state index in [1.54, 1.807) is 12.4 Å². The van der Waals surface area contributed by atoms with Gasteiger partial charge < -0.3 is 14.7 Å². The number of hydrogen-bond donors (Lipinski definition) is 0. The first-order valence-electron chi connectivity index (χ1n) is 9.67. The van der Waals surface area contributed by atoms with Crippen LogP contribution in [0.2, 0.25) is 0 Å². The van der Waals surface area contributed by atoms with E-state index in [-0.39, 0.29) is 5.92 Å². The number of carbonyl (C=O) groups is 1. The second-order valence-corrected chi connectivity index (χ2v) is 7.40. The average molecular weight is 366 g/mol. The summed E-state index contributed by atoms with van der Waals surface area (Å²) < 4.78 is 0. The zero-order valence-electron chi connectivity index (χ0n) is 15.8. The molecule has 2 fully saturated rings. The number of hydrogen-bond acceptors (Lipinski definition) is 6. The molecule has 27 heavy (non-hydrogen) atoms. The van der Waals surface area contributed by atoms with Crippen LogP contribution < -0.4 is 4.90 Å². The van der Waals surface area contributed by atoms with Gasteiger partial charge in [0.15, 0.2) is 5.82 Å². The molecule has 0 atom stereocenters. The zero-order valence-corrected chi connectivity index (χ0v) is 15.8. The number of pyridine rings is 1. The van der Waals surface area contributed by atoms with Crippen molar-refractivity contribution >= 4 is 11.7 Å². The number of nitrogens with zero attached hydrogens (tertiary/aromatic N) is 6. The highest BCUT2D eigenvalue weighted by Crippen LogP contribution is 2.24. The Balaban J connectivity index is 1.33. The van der Waals surface area contributed by atoms with Crippen LogP contribution in [-0.2, 0) is 4.79 Å². The Morgan fingerprint density at radius 3 is 2.26 bits per heavy atom. The van der Waals surface area contributed by atoms with Gasteiger partial charge in [-0.05, 0) is 44.2 Å². The maximum Gasteiger partial charge on any atom is 0.225 e. The lowest BCUT2D eigenvalue weighted by molar-refractivity contribution is -0.137. The first-order valence-corrected chi connectivity index (χ1v) is 9.67. The van der Waals surface area contributed by atoms with Crippen molar-refractivity contribution < 1.29 is 4.79 Å². The maximum atomic E-state index is 12.8. The number of anilines is 1. The number of amides is 1. The molecule has 0 spiro atoms. The predicted octanol–water partition coefficient (Wildman–Crippen LogP) is 1.53. The quantitative estimate of drug-likeness (QED) is 0.821. The third-order valence-electron chi connectivity index (χ3n) is 5.61. The normalized spacial score (nSPS) is 19.3. The van der Waals surface area contributed by atoms with E-state index in [0.29, 0.717) is 5.91 Å². The minimum absolute atomic E-state index is 0.147. The van der Waals surface area contributed by atoms with E-state index in [4.69, 9.17) is 0 Å². The van der Waals surface area contributed by atoms with Gasteiger partial charge in [-0.15, -0.1) is 10.2 Å². The van der Waals surface area contributed by atoms with Gasteiger partial charge >= 0.3 is 0 Å². The van der Waals surface area contributed by atoms with E-state index in [0.717, 1.165) is 69.2 Å². The van der Waals surface area contributed by atoms with Gasteiger partial charge in [0.1, 0.15) is 0 Å². The summed E-state index contributed by atoms with van der Waals surface area (Å²) in [6, 6.07) is 7.88. The van der Waals surface area contributed by atoms with E-state index < -0.39 is 0 Å². The second kappa shape index (κ2) is 8.00. The van der Waals surface area contributed by atoms with Gasteiger partial charge in [0, 0.05) is 63.1 Å². The van der Waals surface area contributed by atoms with E-state index in [1.165, 1.54) is 0 Å². The molecular formula is C20H26N6O. The molecule has 0 aromatic carbocycles.